The number of hydrogen-bond acceptors (Lipinski definition) is 9. The molecule has 0 atom stereocenters. The Bertz CT molecular complexity index is 2130. The first-order valence-corrected chi connectivity index (χ1v) is 19.9. The molecule has 0 unspecified atom stereocenters. The van der Waals surface area contributed by atoms with Crippen molar-refractivity contribution in [3.63, 3.8) is 0 Å². The van der Waals surface area contributed by atoms with Crippen LogP contribution in [0, 0.1) is 34.0 Å². The number of halogens is 3. The van der Waals surface area contributed by atoms with E-state index in [1.54, 1.807) is 109 Å². The van der Waals surface area contributed by atoms with E-state index >= 15 is 0 Å². The van der Waals surface area contributed by atoms with E-state index in [0.717, 1.165) is 16.7 Å². The third-order valence-corrected chi connectivity index (χ3v) is 9.67. The number of ether oxygens (including phenoxy) is 3. The molecule has 0 aliphatic heterocycles. The van der Waals surface area contributed by atoms with Gasteiger partial charge in [0.1, 0.15) is 51.7 Å². The number of nitriles is 3. The van der Waals surface area contributed by atoms with Crippen LogP contribution in [0.15, 0.2) is 127 Å². The Morgan fingerprint density at radius 3 is 0.873 bits per heavy atom. The summed E-state index contributed by atoms with van der Waals surface area (Å²) in [6, 6.07) is 43.0. The summed E-state index contributed by atoms with van der Waals surface area (Å²) in [5, 5.41) is 28.7. The van der Waals surface area contributed by atoms with Crippen molar-refractivity contribution in [2.45, 2.75) is 16.0 Å². The smallest absolute Gasteiger partial charge is 0.489 e. The molecule has 0 amide bonds. The molecular weight excluding hydrogens is 893 g/mol. The molecule has 6 aromatic carbocycles. The zero-order valence-corrected chi connectivity index (χ0v) is 33.5. The molecule has 9 nitrogen and oxygen atoms in total. The highest BCUT2D eigenvalue weighted by Gasteiger charge is 2.33. The van der Waals surface area contributed by atoms with Crippen molar-refractivity contribution in [3.8, 4) is 70.0 Å². The van der Waals surface area contributed by atoms with E-state index in [-0.39, 0.29) is 0 Å². The van der Waals surface area contributed by atoms with Crippen LogP contribution in [0.4, 0.5) is 0 Å². The fourth-order valence-electron chi connectivity index (χ4n) is 5.10. The molecular formula is C42H27BBr3N3O6. The highest BCUT2D eigenvalue weighted by atomic mass is 79.9. The lowest BCUT2D eigenvalue weighted by Gasteiger charge is -2.21. The van der Waals surface area contributed by atoms with Crippen molar-refractivity contribution in [2.24, 2.45) is 0 Å². The van der Waals surface area contributed by atoms with Gasteiger partial charge in [-0.25, -0.2) is 0 Å². The van der Waals surface area contributed by atoms with Gasteiger partial charge in [0.05, 0.1) is 34.9 Å². The molecule has 13 heteroatoms. The molecule has 0 bridgehead atoms. The molecule has 0 saturated carbocycles. The van der Waals surface area contributed by atoms with E-state index < -0.39 is 7.32 Å². The summed E-state index contributed by atoms with van der Waals surface area (Å²) in [4.78, 5) is 0. The molecule has 0 heterocycles. The van der Waals surface area contributed by atoms with Crippen LogP contribution in [0.25, 0.3) is 0 Å². The van der Waals surface area contributed by atoms with E-state index in [0.29, 0.717) is 84.4 Å². The van der Waals surface area contributed by atoms with Crippen LogP contribution in [-0.2, 0) is 16.0 Å². The van der Waals surface area contributed by atoms with Gasteiger partial charge in [0.2, 0.25) is 0 Å². The zero-order chi connectivity index (χ0) is 38.6. The van der Waals surface area contributed by atoms with Crippen molar-refractivity contribution >= 4 is 55.1 Å². The second-order valence-electron chi connectivity index (χ2n) is 11.6. The fraction of sp³-hybridized carbons (Fsp3) is 0.0714. The lowest BCUT2D eigenvalue weighted by Crippen LogP contribution is -2.37. The summed E-state index contributed by atoms with van der Waals surface area (Å²) in [5.41, 5.74) is 3.91. The Hall–Kier alpha value is -5.91. The minimum Gasteiger partial charge on any atom is -0.489 e. The van der Waals surface area contributed by atoms with Gasteiger partial charge in [-0.05, 0) is 127 Å². The van der Waals surface area contributed by atoms with Gasteiger partial charge in [-0.15, -0.1) is 0 Å². The Balaban J connectivity index is 1.27. The minimum atomic E-state index is -1.27. The SMILES string of the molecule is N#Cc1ccc(Oc2ccc(OB(Oc3ccc(Oc4ccc(C#N)cc4)cc3CBr)Oc3ccc(Oc4ccc(C#N)cc4)cc3CBr)c(CBr)c2)cc1. The van der Waals surface area contributed by atoms with Gasteiger partial charge in [0.25, 0.3) is 0 Å². The van der Waals surface area contributed by atoms with Gasteiger partial charge >= 0.3 is 7.32 Å². The average Bonchev–Trinajstić information content (AvgIpc) is 3.23. The van der Waals surface area contributed by atoms with Crippen LogP contribution in [-0.4, -0.2) is 7.32 Å². The van der Waals surface area contributed by atoms with Crippen molar-refractivity contribution < 1.29 is 28.2 Å². The number of nitrogens with zero attached hydrogens (tertiary/aromatic N) is 3. The molecule has 0 N–H and O–H groups in total. The second-order valence-corrected chi connectivity index (χ2v) is 13.2. The summed E-state index contributed by atoms with van der Waals surface area (Å²) >= 11 is 10.7. The summed E-state index contributed by atoms with van der Waals surface area (Å²) in [7, 11) is -1.27. The quantitative estimate of drug-likeness (QED) is 0.0730. The van der Waals surface area contributed by atoms with Crippen molar-refractivity contribution in [2.75, 3.05) is 0 Å². The van der Waals surface area contributed by atoms with Crippen LogP contribution in [0.3, 0.4) is 0 Å². The third kappa shape index (κ3) is 10.4. The second kappa shape index (κ2) is 18.9. The molecule has 0 radical (unpaired) electrons. The summed E-state index contributed by atoms with van der Waals surface area (Å²) in [5.74, 6) is 4.92. The predicted octanol–water partition coefficient (Wildman–Crippen LogP) is 11.9. The molecule has 0 aliphatic carbocycles. The Morgan fingerprint density at radius 1 is 0.382 bits per heavy atom. The van der Waals surface area contributed by atoms with Crippen LogP contribution < -0.4 is 28.2 Å². The van der Waals surface area contributed by atoms with Crippen LogP contribution in [0.5, 0.6) is 51.7 Å². The summed E-state index contributed by atoms with van der Waals surface area (Å²) < 4.78 is 37.5. The zero-order valence-electron chi connectivity index (χ0n) is 28.7. The topological polar surface area (TPSA) is 127 Å². The van der Waals surface area contributed by atoms with Gasteiger partial charge in [0, 0.05) is 32.7 Å². The van der Waals surface area contributed by atoms with Crippen LogP contribution in [0.2, 0.25) is 0 Å². The maximum Gasteiger partial charge on any atom is 0.864 e. The lowest BCUT2D eigenvalue weighted by molar-refractivity contribution is 0.304. The molecule has 270 valence electrons. The van der Waals surface area contributed by atoms with E-state index in [2.05, 4.69) is 66.0 Å². The molecule has 0 aromatic heterocycles. The number of alkyl halides is 3. The minimum absolute atomic E-state index is 0.432. The average molecular weight is 920 g/mol. The third-order valence-electron chi connectivity index (χ3n) is 7.85. The van der Waals surface area contributed by atoms with E-state index in [1.807, 2.05) is 18.2 Å². The Morgan fingerprint density at radius 2 is 0.636 bits per heavy atom. The van der Waals surface area contributed by atoms with Crippen LogP contribution in [0.1, 0.15) is 33.4 Å². The Kier molecular flexibility index (Phi) is 13.3. The molecule has 6 rings (SSSR count). The standard InChI is InChI=1S/C42H27BBr3N3O6/c44-22-31-19-37(50-34-7-1-28(25-47)2-8-34)13-16-40(31)53-43(54-41-17-14-38(20-32(41)23-45)51-35-9-3-29(26-48)4-10-35)55-42-18-15-39(21-33(42)24-46)52-36-11-5-30(27-49)6-12-36/h1-21H,22-24H2. The fourth-order valence-corrected chi connectivity index (χ4v) is 6.41. The maximum absolute atomic E-state index is 9.13. The van der Waals surface area contributed by atoms with Gasteiger partial charge in [-0.2, -0.15) is 15.8 Å². The highest BCUT2D eigenvalue weighted by Crippen LogP contribution is 2.35. The first-order valence-electron chi connectivity index (χ1n) is 16.5. The van der Waals surface area contributed by atoms with E-state index in [9.17, 15) is 0 Å². The van der Waals surface area contributed by atoms with Gasteiger partial charge in [-0.1, -0.05) is 47.8 Å². The summed E-state index contributed by atoms with van der Waals surface area (Å²) in [6.07, 6.45) is 0. The van der Waals surface area contributed by atoms with Crippen LogP contribution >= 0.6 is 47.8 Å². The molecule has 0 aliphatic rings. The number of hydrogen-bond donors (Lipinski definition) is 0. The summed E-state index contributed by atoms with van der Waals surface area (Å²) in [6.45, 7) is 0. The molecule has 6 aromatic rings. The molecule has 55 heavy (non-hydrogen) atoms. The van der Waals surface area contributed by atoms with Gasteiger partial charge < -0.3 is 28.2 Å². The van der Waals surface area contributed by atoms with Crippen molar-refractivity contribution in [3.05, 3.63) is 161 Å². The molecule has 0 spiro atoms. The van der Waals surface area contributed by atoms with E-state index in [4.69, 9.17) is 44.0 Å². The first-order chi connectivity index (χ1) is 26.9. The maximum atomic E-state index is 9.13. The first kappa shape index (κ1) is 38.8. The molecule has 0 saturated heterocycles. The van der Waals surface area contributed by atoms with Crippen molar-refractivity contribution in [1.82, 2.24) is 0 Å². The normalized spacial score (nSPS) is 10.3. The van der Waals surface area contributed by atoms with E-state index in [1.165, 1.54) is 0 Å². The molecule has 0 fully saturated rings. The highest BCUT2D eigenvalue weighted by molar-refractivity contribution is 9.09. The number of benzene rings is 6. The number of rotatable bonds is 15. The van der Waals surface area contributed by atoms with Gasteiger partial charge in [-0.3, -0.25) is 0 Å². The lowest BCUT2D eigenvalue weighted by atomic mass is 10.1. The van der Waals surface area contributed by atoms with Gasteiger partial charge in [0.15, 0.2) is 0 Å². The van der Waals surface area contributed by atoms with Crippen molar-refractivity contribution in [1.29, 1.82) is 15.8 Å². The monoisotopic (exact) mass is 917 g/mol. The Labute approximate surface area is 343 Å². The largest absolute Gasteiger partial charge is 0.864 e. The predicted molar refractivity (Wildman–Crippen MR) is 219 cm³/mol.